The van der Waals surface area contributed by atoms with E-state index in [1.54, 1.807) is 11.0 Å². The number of hydrogen-bond donors (Lipinski definition) is 2. The van der Waals surface area contributed by atoms with Crippen LogP contribution in [0.5, 0.6) is 5.75 Å². The van der Waals surface area contributed by atoms with Gasteiger partial charge in [0, 0.05) is 37.3 Å². The summed E-state index contributed by atoms with van der Waals surface area (Å²) in [6.45, 7) is 1.27. The van der Waals surface area contributed by atoms with Crippen molar-refractivity contribution < 1.29 is 9.90 Å². The van der Waals surface area contributed by atoms with Crippen molar-refractivity contribution in [1.29, 1.82) is 0 Å². The fourth-order valence-electron chi connectivity index (χ4n) is 3.74. The molecule has 1 saturated heterocycles. The topological polar surface area (TPSA) is 82.1 Å². The minimum absolute atomic E-state index is 0.0732. The van der Waals surface area contributed by atoms with E-state index in [1.807, 2.05) is 24.4 Å². The summed E-state index contributed by atoms with van der Waals surface area (Å²) < 4.78 is 0. The van der Waals surface area contributed by atoms with Gasteiger partial charge in [0.15, 0.2) is 5.69 Å². The zero-order valence-corrected chi connectivity index (χ0v) is 15.0. The average Bonchev–Trinajstić information content (AvgIpc) is 3.17. The number of pyridine rings is 1. The SMILES string of the molecule is O=C(c1ncccc1O)N1CCC[C@H](c2[nH]ncc2Cc2ccccc2)C1. The molecule has 6 heteroatoms. The number of amides is 1. The van der Waals surface area contributed by atoms with Gasteiger partial charge in [-0.3, -0.25) is 9.89 Å². The third-order valence-corrected chi connectivity index (χ3v) is 5.09. The van der Waals surface area contributed by atoms with Crippen LogP contribution in [-0.2, 0) is 6.42 Å². The van der Waals surface area contributed by atoms with E-state index in [0.717, 1.165) is 25.0 Å². The van der Waals surface area contributed by atoms with Gasteiger partial charge in [-0.15, -0.1) is 0 Å². The lowest BCUT2D eigenvalue weighted by molar-refractivity contribution is 0.0696. The van der Waals surface area contributed by atoms with Gasteiger partial charge in [0.25, 0.3) is 5.91 Å². The Hall–Kier alpha value is -3.15. The third-order valence-electron chi connectivity index (χ3n) is 5.09. The number of aromatic amines is 1. The number of nitrogens with zero attached hydrogens (tertiary/aromatic N) is 3. The summed E-state index contributed by atoms with van der Waals surface area (Å²) in [6, 6.07) is 13.4. The Morgan fingerprint density at radius 3 is 2.89 bits per heavy atom. The monoisotopic (exact) mass is 362 g/mol. The smallest absolute Gasteiger partial charge is 0.276 e. The number of carbonyl (C=O) groups is 1. The number of likely N-dealkylation sites (tertiary alicyclic amines) is 1. The first-order chi connectivity index (χ1) is 13.2. The van der Waals surface area contributed by atoms with Crippen molar-refractivity contribution in [3.05, 3.63) is 77.4 Å². The summed E-state index contributed by atoms with van der Waals surface area (Å²) in [6.07, 6.45) is 6.14. The van der Waals surface area contributed by atoms with E-state index in [-0.39, 0.29) is 23.3 Å². The fraction of sp³-hybridized carbons (Fsp3) is 0.286. The molecule has 2 N–H and O–H groups in total. The molecule has 0 saturated carbocycles. The Morgan fingerprint density at radius 2 is 2.07 bits per heavy atom. The Bertz CT molecular complexity index is 923. The summed E-state index contributed by atoms with van der Waals surface area (Å²) in [5, 5.41) is 17.4. The molecule has 3 heterocycles. The van der Waals surface area contributed by atoms with E-state index >= 15 is 0 Å². The highest BCUT2D eigenvalue weighted by Crippen LogP contribution is 2.30. The molecule has 1 aromatic carbocycles. The first-order valence-corrected chi connectivity index (χ1v) is 9.21. The minimum Gasteiger partial charge on any atom is -0.505 e. The first kappa shape index (κ1) is 17.3. The third kappa shape index (κ3) is 3.69. The van der Waals surface area contributed by atoms with E-state index in [4.69, 9.17) is 0 Å². The molecular weight excluding hydrogens is 340 g/mol. The quantitative estimate of drug-likeness (QED) is 0.747. The predicted molar refractivity (Wildman–Crippen MR) is 102 cm³/mol. The van der Waals surface area contributed by atoms with Gasteiger partial charge in [0.05, 0.1) is 6.20 Å². The highest BCUT2D eigenvalue weighted by molar-refractivity contribution is 5.94. The number of rotatable bonds is 4. The molecule has 1 fully saturated rings. The summed E-state index contributed by atoms with van der Waals surface area (Å²) in [7, 11) is 0. The molecule has 0 unspecified atom stereocenters. The molecule has 0 aliphatic carbocycles. The molecule has 1 aliphatic rings. The Labute approximate surface area is 157 Å². The van der Waals surface area contributed by atoms with Crippen molar-refractivity contribution in [1.82, 2.24) is 20.1 Å². The summed E-state index contributed by atoms with van der Waals surface area (Å²) >= 11 is 0. The van der Waals surface area contributed by atoms with E-state index in [9.17, 15) is 9.90 Å². The lowest BCUT2D eigenvalue weighted by Gasteiger charge is -2.32. The van der Waals surface area contributed by atoms with Crippen molar-refractivity contribution in [3.63, 3.8) is 0 Å². The zero-order valence-electron chi connectivity index (χ0n) is 15.0. The minimum atomic E-state index is -0.220. The second-order valence-corrected chi connectivity index (χ2v) is 6.93. The molecule has 27 heavy (non-hydrogen) atoms. The fourth-order valence-corrected chi connectivity index (χ4v) is 3.74. The first-order valence-electron chi connectivity index (χ1n) is 9.21. The van der Waals surface area contributed by atoms with Crippen LogP contribution in [0.3, 0.4) is 0 Å². The van der Waals surface area contributed by atoms with Crippen LogP contribution in [0.4, 0.5) is 0 Å². The standard InChI is InChI=1S/C21H22N4O2/c26-18-9-4-10-22-20(18)21(27)25-11-5-8-16(14-25)19-17(13-23-24-19)12-15-6-2-1-3-7-15/h1-4,6-7,9-10,13,16,26H,5,8,11-12,14H2,(H,23,24)/t16-/m0/s1. The lowest BCUT2D eigenvalue weighted by atomic mass is 9.90. The van der Waals surface area contributed by atoms with Gasteiger partial charge in [-0.05, 0) is 36.1 Å². The molecule has 0 spiro atoms. The Balaban J connectivity index is 1.52. The number of nitrogens with one attached hydrogen (secondary N) is 1. The molecule has 1 aliphatic heterocycles. The second-order valence-electron chi connectivity index (χ2n) is 6.93. The molecule has 3 aromatic rings. The molecule has 4 rings (SSSR count). The maximum absolute atomic E-state index is 12.8. The van der Waals surface area contributed by atoms with Crippen molar-refractivity contribution >= 4 is 5.91 Å². The number of carbonyl (C=O) groups excluding carboxylic acids is 1. The van der Waals surface area contributed by atoms with Gasteiger partial charge < -0.3 is 10.0 Å². The molecule has 6 nitrogen and oxygen atoms in total. The van der Waals surface area contributed by atoms with Gasteiger partial charge in [0.1, 0.15) is 5.75 Å². The normalized spacial score (nSPS) is 17.0. The number of hydrogen-bond acceptors (Lipinski definition) is 4. The number of benzene rings is 1. The van der Waals surface area contributed by atoms with Crippen molar-refractivity contribution in [2.45, 2.75) is 25.2 Å². The van der Waals surface area contributed by atoms with Crippen LogP contribution >= 0.6 is 0 Å². The van der Waals surface area contributed by atoms with E-state index in [0.29, 0.717) is 13.1 Å². The van der Waals surface area contributed by atoms with Gasteiger partial charge >= 0.3 is 0 Å². The van der Waals surface area contributed by atoms with Gasteiger partial charge in [-0.25, -0.2) is 4.98 Å². The Morgan fingerprint density at radius 1 is 1.22 bits per heavy atom. The highest BCUT2D eigenvalue weighted by atomic mass is 16.3. The number of piperidine rings is 1. The van der Waals surface area contributed by atoms with Gasteiger partial charge in [-0.2, -0.15) is 5.10 Å². The average molecular weight is 362 g/mol. The van der Waals surface area contributed by atoms with Crippen LogP contribution in [0.15, 0.2) is 54.9 Å². The van der Waals surface area contributed by atoms with E-state index in [2.05, 4.69) is 27.3 Å². The molecule has 1 amide bonds. The van der Waals surface area contributed by atoms with Crippen LogP contribution < -0.4 is 0 Å². The second kappa shape index (κ2) is 7.61. The maximum atomic E-state index is 12.8. The van der Waals surface area contributed by atoms with Crippen LogP contribution in [0.2, 0.25) is 0 Å². The Kier molecular flexibility index (Phi) is 4.87. The predicted octanol–water partition coefficient (Wildman–Crippen LogP) is 3.12. The van der Waals surface area contributed by atoms with Crippen molar-refractivity contribution in [3.8, 4) is 5.75 Å². The molecule has 2 aromatic heterocycles. The molecule has 0 bridgehead atoms. The number of aromatic hydroxyl groups is 1. The van der Waals surface area contributed by atoms with Crippen LogP contribution in [0.25, 0.3) is 0 Å². The summed E-state index contributed by atoms with van der Waals surface area (Å²) in [4.78, 5) is 18.6. The maximum Gasteiger partial charge on any atom is 0.276 e. The van der Waals surface area contributed by atoms with Crippen molar-refractivity contribution in [2.24, 2.45) is 0 Å². The van der Waals surface area contributed by atoms with Gasteiger partial charge in [0.2, 0.25) is 0 Å². The zero-order chi connectivity index (χ0) is 18.6. The van der Waals surface area contributed by atoms with Gasteiger partial charge in [-0.1, -0.05) is 30.3 Å². The summed E-state index contributed by atoms with van der Waals surface area (Å²) in [5.74, 6) is -0.0902. The summed E-state index contributed by atoms with van der Waals surface area (Å²) in [5.41, 5.74) is 3.62. The molecule has 0 radical (unpaired) electrons. The molecule has 1 atom stereocenters. The molecular formula is C21H22N4O2. The highest BCUT2D eigenvalue weighted by Gasteiger charge is 2.29. The van der Waals surface area contributed by atoms with Crippen LogP contribution in [-0.4, -0.2) is 44.2 Å². The van der Waals surface area contributed by atoms with Crippen LogP contribution in [0.1, 0.15) is 46.1 Å². The van der Waals surface area contributed by atoms with E-state index in [1.165, 1.54) is 23.4 Å². The van der Waals surface area contributed by atoms with Crippen LogP contribution in [0, 0.1) is 0 Å². The largest absolute Gasteiger partial charge is 0.505 e. The number of aromatic nitrogens is 3. The molecule has 138 valence electrons. The van der Waals surface area contributed by atoms with E-state index < -0.39 is 0 Å². The van der Waals surface area contributed by atoms with Crippen molar-refractivity contribution in [2.75, 3.05) is 13.1 Å². The lowest BCUT2D eigenvalue weighted by Crippen LogP contribution is -2.39. The number of H-pyrrole nitrogens is 1.